The van der Waals surface area contributed by atoms with Gasteiger partial charge < -0.3 is 4.90 Å². The molecule has 2 aromatic rings. The Hall–Kier alpha value is -1.35. The minimum Gasteiger partial charge on any atom is -0.337 e. The first-order valence-electron chi connectivity index (χ1n) is 6.16. The maximum Gasteiger partial charge on any atom is 0.253 e. The van der Waals surface area contributed by atoms with Crippen LogP contribution in [0.2, 0.25) is 0 Å². The number of alkyl halides is 1. The average Bonchev–Trinajstić information content (AvgIpc) is 2.84. The molecule has 3 heteroatoms. The Morgan fingerprint density at radius 2 is 1.94 bits per heavy atom. The van der Waals surface area contributed by atoms with Gasteiger partial charge in [0.25, 0.3) is 5.91 Å². The van der Waals surface area contributed by atoms with Crippen LogP contribution in [0.3, 0.4) is 0 Å². The Morgan fingerprint density at radius 3 is 2.67 bits per heavy atom. The van der Waals surface area contributed by atoms with Crippen molar-refractivity contribution in [1.29, 1.82) is 0 Å². The van der Waals surface area contributed by atoms with Gasteiger partial charge in [-0.15, -0.1) is 0 Å². The highest BCUT2D eigenvalue weighted by Crippen LogP contribution is 2.21. The van der Waals surface area contributed by atoms with Gasteiger partial charge in [0.2, 0.25) is 0 Å². The minimum atomic E-state index is 0.141. The third-order valence-electron chi connectivity index (χ3n) is 3.41. The molecule has 1 aliphatic rings. The van der Waals surface area contributed by atoms with Crippen molar-refractivity contribution in [2.45, 2.75) is 11.2 Å². The van der Waals surface area contributed by atoms with Gasteiger partial charge in [0, 0.05) is 23.5 Å². The first-order valence-corrected chi connectivity index (χ1v) is 7.08. The summed E-state index contributed by atoms with van der Waals surface area (Å²) in [6.07, 6.45) is 1.04. The van der Waals surface area contributed by atoms with Crippen molar-refractivity contribution >= 4 is 32.6 Å². The van der Waals surface area contributed by atoms with Gasteiger partial charge in [-0.05, 0) is 29.3 Å². The van der Waals surface area contributed by atoms with E-state index in [1.54, 1.807) is 0 Å². The lowest BCUT2D eigenvalue weighted by Crippen LogP contribution is -2.28. The number of benzene rings is 2. The maximum atomic E-state index is 12.3. The molecule has 3 rings (SSSR count). The maximum absolute atomic E-state index is 12.3. The topological polar surface area (TPSA) is 20.3 Å². The number of amides is 1. The van der Waals surface area contributed by atoms with Crippen molar-refractivity contribution in [3.05, 3.63) is 48.0 Å². The fourth-order valence-electron chi connectivity index (χ4n) is 2.41. The molecule has 18 heavy (non-hydrogen) atoms. The van der Waals surface area contributed by atoms with Gasteiger partial charge in [-0.25, -0.2) is 0 Å². The van der Waals surface area contributed by atoms with Crippen LogP contribution in [-0.2, 0) is 0 Å². The molecule has 1 fully saturated rings. The van der Waals surface area contributed by atoms with E-state index < -0.39 is 0 Å². The number of hydrogen-bond acceptors (Lipinski definition) is 1. The SMILES string of the molecule is O=C(c1ccc2ccccc2c1)N1CCC(Br)C1. The summed E-state index contributed by atoms with van der Waals surface area (Å²) >= 11 is 3.57. The molecule has 2 aromatic carbocycles. The number of hydrogen-bond donors (Lipinski definition) is 0. The molecule has 0 aliphatic carbocycles. The molecule has 0 bridgehead atoms. The molecule has 0 radical (unpaired) electrons. The van der Waals surface area contributed by atoms with Gasteiger partial charge in [-0.2, -0.15) is 0 Å². The number of rotatable bonds is 1. The van der Waals surface area contributed by atoms with Crippen LogP contribution in [0.5, 0.6) is 0 Å². The van der Waals surface area contributed by atoms with Crippen LogP contribution in [0.1, 0.15) is 16.8 Å². The molecule has 1 amide bonds. The van der Waals surface area contributed by atoms with E-state index in [1.165, 1.54) is 5.39 Å². The second kappa shape index (κ2) is 4.73. The van der Waals surface area contributed by atoms with Gasteiger partial charge >= 0.3 is 0 Å². The second-order valence-corrected chi connectivity index (χ2v) is 5.99. The highest BCUT2D eigenvalue weighted by atomic mass is 79.9. The zero-order chi connectivity index (χ0) is 12.5. The van der Waals surface area contributed by atoms with E-state index >= 15 is 0 Å². The number of nitrogens with zero attached hydrogens (tertiary/aromatic N) is 1. The summed E-state index contributed by atoms with van der Waals surface area (Å²) in [4.78, 5) is 14.7. The third kappa shape index (κ3) is 2.15. The molecular weight excluding hydrogens is 290 g/mol. The first-order chi connectivity index (χ1) is 8.74. The third-order valence-corrected chi connectivity index (χ3v) is 4.16. The number of fused-ring (bicyclic) bond motifs is 1. The fourth-order valence-corrected chi connectivity index (χ4v) is 2.96. The van der Waals surface area contributed by atoms with Crippen LogP contribution in [0.25, 0.3) is 10.8 Å². The van der Waals surface area contributed by atoms with Crippen molar-refractivity contribution in [2.75, 3.05) is 13.1 Å². The molecule has 1 aliphatic heterocycles. The molecule has 0 aromatic heterocycles. The van der Waals surface area contributed by atoms with Gasteiger partial charge in [0.1, 0.15) is 0 Å². The Balaban J connectivity index is 1.92. The summed E-state index contributed by atoms with van der Waals surface area (Å²) in [5.74, 6) is 0.141. The smallest absolute Gasteiger partial charge is 0.253 e. The van der Waals surface area contributed by atoms with E-state index in [1.807, 2.05) is 41.3 Å². The molecule has 1 heterocycles. The quantitative estimate of drug-likeness (QED) is 0.739. The van der Waals surface area contributed by atoms with Gasteiger partial charge in [-0.3, -0.25) is 4.79 Å². The Labute approximate surface area is 115 Å². The molecule has 1 atom stereocenters. The lowest BCUT2D eigenvalue weighted by molar-refractivity contribution is 0.0793. The second-order valence-electron chi connectivity index (χ2n) is 4.70. The van der Waals surface area contributed by atoms with Crippen molar-refractivity contribution in [3.8, 4) is 0 Å². The van der Waals surface area contributed by atoms with E-state index in [0.717, 1.165) is 30.5 Å². The van der Waals surface area contributed by atoms with Crippen LogP contribution in [0.4, 0.5) is 0 Å². The normalized spacial score (nSPS) is 19.4. The average molecular weight is 304 g/mol. The molecular formula is C15H14BrNO. The van der Waals surface area contributed by atoms with Crippen molar-refractivity contribution in [3.63, 3.8) is 0 Å². The Kier molecular flexibility index (Phi) is 3.08. The van der Waals surface area contributed by atoms with Crippen LogP contribution in [-0.4, -0.2) is 28.7 Å². The zero-order valence-electron chi connectivity index (χ0n) is 9.97. The molecule has 92 valence electrons. The summed E-state index contributed by atoms with van der Waals surface area (Å²) in [5, 5.41) is 2.30. The number of carbonyl (C=O) groups is 1. The summed E-state index contributed by atoms with van der Waals surface area (Å²) in [6.45, 7) is 1.66. The monoisotopic (exact) mass is 303 g/mol. The number of likely N-dealkylation sites (tertiary alicyclic amines) is 1. The van der Waals surface area contributed by atoms with Gasteiger partial charge in [0.05, 0.1) is 0 Å². The fraction of sp³-hybridized carbons (Fsp3) is 0.267. The van der Waals surface area contributed by atoms with Gasteiger partial charge in [0.15, 0.2) is 0 Å². The summed E-state index contributed by atoms with van der Waals surface area (Å²) in [6, 6.07) is 14.0. The summed E-state index contributed by atoms with van der Waals surface area (Å²) in [7, 11) is 0. The molecule has 0 N–H and O–H groups in total. The predicted octanol–water partition coefficient (Wildman–Crippen LogP) is 3.45. The van der Waals surface area contributed by atoms with Crippen molar-refractivity contribution < 1.29 is 4.79 Å². The molecule has 0 spiro atoms. The molecule has 1 saturated heterocycles. The highest BCUT2D eigenvalue weighted by molar-refractivity contribution is 9.09. The Morgan fingerprint density at radius 1 is 1.17 bits per heavy atom. The first kappa shape index (κ1) is 11.7. The number of halogens is 1. The largest absolute Gasteiger partial charge is 0.337 e. The molecule has 1 unspecified atom stereocenters. The van der Waals surface area contributed by atoms with E-state index in [2.05, 4.69) is 22.0 Å². The van der Waals surface area contributed by atoms with Gasteiger partial charge in [-0.1, -0.05) is 46.3 Å². The summed E-state index contributed by atoms with van der Waals surface area (Å²) in [5.41, 5.74) is 0.787. The molecule has 0 saturated carbocycles. The van der Waals surface area contributed by atoms with Crippen LogP contribution >= 0.6 is 15.9 Å². The lowest BCUT2D eigenvalue weighted by Gasteiger charge is -2.15. The van der Waals surface area contributed by atoms with E-state index in [-0.39, 0.29) is 5.91 Å². The highest BCUT2D eigenvalue weighted by Gasteiger charge is 2.25. The van der Waals surface area contributed by atoms with Crippen LogP contribution in [0, 0.1) is 0 Å². The predicted molar refractivity (Wildman–Crippen MR) is 77.2 cm³/mol. The zero-order valence-corrected chi connectivity index (χ0v) is 11.6. The van der Waals surface area contributed by atoms with Crippen molar-refractivity contribution in [1.82, 2.24) is 4.90 Å². The van der Waals surface area contributed by atoms with Crippen LogP contribution in [0.15, 0.2) is 42.5 Å². The lowest BCUT2D eigenvalue weighted by atomic mass is 10.1. The van der Waals surface area contributed by atoms with Crippen LogP contribution < -0.4 is 0 Å². The van der Waals surface area contributed by atoms with E-state index in [0.29, 0.717) is 4.83 Å². The van der Waals surface area contributed by atoms with E-state index in [4.69, 9.17) is 0 Å². The molecule has 2 nitrogen and oxygen atoms in total. The Bertz CT molecular complexity index is 596. The van der Waals surface area contributed by atoms with E-state index in [9.17, 15) is 4.79 Å². The minimum absolute atomic E-state index is 0.141. The summed E-state index contributed by atoms with van der Waals surface area (Å²) < 4.78 is 0. The standard InChI is InChI=1S/C15H14BrNO/c16-14-7-8-17(10-14)15(18)13-6-5-11-3-1-2-4-12(11)9-13/h1-6,9,14H,7-8,10H2. The van der Waals surface area contributed by atoms with Crippen molar-refractivity contribution in [2.24, 2.45) is 0 Å². The number of carbonyl (C=O) groups excluding carboxylic acids is 1.